The van der Waals surface area contributed by atoms with Crippen LogP contribution in [0.3, 0.4) is 0 Å². The van der Waals surface area contributed by atoms with E-state index in [-0.39, 0.29) is 24.3 Å². The summed E-state index contributed by atoms with van der Waals surface area (Å²) in [6, 6.07) is 3.78. The van der Waals surface area contributed by atoms with E-state index in [0.717, 1.165) is 44.2 Å². The molecule has 0 aromatic heterocycles. The van der Waals surface area contributed by atoms with E-state index in [0.29, 0.717) is 31.6 Å². The highest BCUT2D eigenvalue weighted by molar-refractivity contribution is 5.86. The van der Waals surface area contributed by atoms with Gasteiger partial charge in [-0.2, -0.15) is 0 Å². The highest BCUT2D eigenvalue weighted by atomic mass is 19.2. The molecule has 3 fully saturated rings. The van der Waals surface area contributed by atoms with Crippen LogP contribution in [-0.4, -0.2) is 41.2 Å². The zero-order valence-corrected chi connectivity index (χ0v) is 14.8. The Hall–Kier alpha value is -1.98. The summed E-state index contributed by atoms with van der Waals surface area (Å²) in [6.07, 6.45) is 5.45. The minimum absolute atomic E-state index is 0.0531. The third-order valence-electron chi connectivity index (χ3n) is 6.30. The smallest absolute Gasteiger partial charge is 0.230 e. The number of likely N-dealkylation sites (tertiary alicyclic amines) is 2. The summed E-state index contributed by atoms with van der Waals surface area (Å²) in [7, 11) is 0. The fourth-order valence-corrected chi connectivity index (χ4v) is 4.51. The minimum atomic E-state index is -0.889. The van der Waals surface area contributed by atoms with E-state index in [1.807, 2.05) is 4.90 Å². The fraction of sp³-hybridized carbons (Fsp3) is 0.600. The van der Waals surface area contributed by atoms with Crippen molar-refractivity contribution in [2.24, 2.45) is 11.3 Å². The Morgan fingerprint density at radius 3 is 2.62 bits per heavy atom. The standard InChI is InChI=1S/C20H24F2N2O2/c21-16-6-5-14(11-17(16)22)12-23-9-2-7-20(19(23)26)8-10-24(13-20)18(25)15-3-1-4-15/h5-6,11,15H,1-4,7-10,12-13H2/t20-/m0/s1. The number of amides is 2. The van der Waals surface area contributed by atoms with E-state index in [9.17, 15) is 18.4 Å². The Bertz CT molecular complexity index is 735. The van der Waals surface area contributed by atoms with Crippen LogP contribution in [0.2, 0.25) is 0 Å². The molecule has 3 aliphatic rings. The second kappa shape index (κ2) is 6.63. The largest absolute Gasteiger partial charge is 0.341 e. The Morgan fingerprint density at radius 2 is 1.92 bits per heavy atom. The number of hydrogen-bond donors (Lipinski definition) is 0. The van der Waals surface area contributed by atoms with Crippen LogP contribution in [0.15, 0.2) is 18.2 Å². The van der Waals surface area contributed by atoms with E-state index >= 15 is 0 Å². The first-order chi connectivity index (χ1) is 12.5. The number of halogens is 2. The fourth-order valence-electron chi connectivity index (χ4n) is 4.51. The van der Waals surface area contributed by atoms with Gasteiger partial charge in [0.15, 0.2) is 11.6 Å². The summed E-state index contributed by atoms with van der Waals surface area (Å²) in [5.74, 6) is -1.35. The van der Waals surface area contributed by atoms with Crippen molar-refractivity contribution in [2.75, 3.05) is 19.6 Å². The van der Waals surface area contributed by atoms with Gasteiger partial charge in [0, 0.05) is 32.1 Å². The highest BCUT2D eigenvalue weighted by Crippen LogP contribution is 2.42. The number of hydrogen-bond acceptors (Lipinski definition) is 2. The lowest BCUT2D eigenvalue weighted by molar-refractivity contribution is -0.147. The summed E-state index contributed by atoms with van der Waals surface area (Å²) >= 11 is 0. The van der Waals surface area contributed by atoms with Gasteiger partial charge in [0.1, 0.15) is 0 Å². The third-order valence-corrected chi connectivity index (χ3v) is 6.30. The van der Waals surface area contributed by atoms with Crippen molar-refractivity contribution in [3.05, 3.63) is 35.4 Å². The minimum Gasteiger partial charge on any atom is -0.341 e. The monoisotopic (exact) mass is 362 g/mol. The van der Waals surface area contributed by atoms with Crippen molar-refractivity contribution >= 4 is 11.8 Å². The van der Waals surface area contributed by atoms with E-state index in [1.54, 1.807) is 4.90 Å². The molecule has 2 heterocycles. The number of piperidine rings is 1. The van der Waals surface area contributed by atoms with Crippen LogP contribution >= 0.6 is 0 Å². The lowest BCUT2D eigenvalue weighted by atomic mass is 9.78. The first kappa shape index (κ1) is 17.4. The van der Waals surface area contributed by atoms with Gasteiger partial charge in [0.25, 0.3) is 0 Å². The molecule has 2 amide bonds. The molecule has 0 radical (unpaired) electrons. The molecule has 1 aliphatic carbocycles. The molecule has 1 spiro atoms. The molecule has 2 aliphatic heterocycles. The van der Waals surface area contributed by atoms with Gasteiger partial charge in [-0.3, -0.25) is 9.59 Å². The predicted octanol–water partition coefficient (Wildman–Crippen LogP) is 3.11. The second-order valence-electron chi connectivity index (χ2n) is 8.00. The molecule has 140 valence electrons. The summed E-state index contributed by atoms with van der Waals surface area (Å²) < 4.78 is 26.6. The SMILES string of the molecule is O=C(C1CCC1)N1CC[C@@]2(CCCN(Cc3ccc(F)c(F)c3)C2=O)C1. The maximum Gasteiger partial charge on any atom is 0.230 e. The lowest BCUT2D eigenvalue weighted by Crippen LogP contribution is -2.50. The number of carbonyl (C=O) groups excluding carboxylic acids is 2. The lowest BCUT2D eigenvalue weighted by Gasteiger charge is -2.39. The number of carbonyl (C=O) groups is 2. The maximum absolute atomic E-state index is 13.5. The van der Waals surface area contributed by atoms with Gasteiger partial charge < -0.3 is 9.80 Å². The average molecular weight is 362 g/mol. The summed E-state index contributed by atoms with van der Waals surface area (Å²) in [6.45, 7) is 2.07. The molecule has 1 atom stereocenters. The normalized spacial score (nSPS) is 26.5. The Kier molecular flexibility index (Phi) is 4.45. The van der Waals surface area contributed by atoms with Crippen molar-refractivity contribution in [1.82, 2.24) is 9.80 Å². The van der Waals surface area contributed by atoms with Crippen LogP contribution in [0.5, 0.6) is 0 Å². The zero-order valence-electron chi connectivity index (χ0n) is 14.8. The van der Waals surface area contributed by atoms with Crippen molar-refractivity contribution in [2.45, 2.75) is 45.1 Å². The van der Waals surface area contributed by atoms with Gasteiger partial charge in [0.2, 0.25) is 11.8 Å². The molecule has 0 unspecified atom stereocenters. The van der Waals surface area contributed by atoms with Gasteiger partial charge in [-0.1, -0.05) is 12.5 Å². The summed E-state index contributed by atoms with van der Waals surface area (Å²) in [5, 5.41) is 0. The van der Waals surface area contributed by atoms with Crippen molar-refractivity contribution < 1.29 is 18.4 Å². The molecular weight excluding hydrogens is 338 g/mol. The van der Waals surface area contributed by atoms with Crippen LogP contribution in [0.1, 0.15) is 44.1 Å². The highest BCUT2D eigenvalue weighted by Gasteiger charge is 2.50. The predicted molar refractivity (Wildman–Crippen MR) is 92.0 cm³/mol. The molecule has 2 saturated heterocycles. The van der Waals surface area contributed by atoms with Gasteiger partial charge in [-0.05, 0) is 49.8 Å². The first-order valence-corrected chi connectivity index (χ1v) is 9.51. The van der Waals surface area contributed by atoms with Crippen molar-refractivity contribution in [3.8, 4) is 0 Å². The van der Waals surface area contributed by atoms with Gasteiger partial charge >= 0.3 is 0 Å². The van der Waals surface area contributed by atoms with Crippen LogP contribution in [-0.2, 0) is 16.1 Å². The molecule has 26 heavy (non-hydrogen) atoms. The van der Waals surface area contributed by atoms with E-state index < -0.39 is 17.0 Å². The van der Waals surface area contributed by atoms with Crippen molar-refractivity contribution in [3.63, 3.8) is 0 Å². The van der Waals surface area contributed by atoms with Crippen LogP contribution in [0.4, 0.5) is 8.78 Å². The van der Waals surface area contributed by atoms with Gasteiger partial charge in [-0.25, -0.2) is 8.78 Å². The average Bonchev–Trinajstić information content (AvgIpc) is 2.99. The van der Waals surface area contributed by atoms with Crippen molar-refractivity contribution in [1.29, 1.82) is 0 Å². The first-order valence-electron chi connectivity index (χ1n) is 9.51. The van der Waals surface area contributed by atoms with Crippen LogP contribution in [0.25, 0.3) is 0 Å². The summed E-state index contributed by atoms with van der Waals surface area (Å²) in [4.78, 5) is 29.3. The Labute approximate surface area is 152 Å². The molecule has 4 nitrogen and oxygen atoms in total. The second-order valence-corrected chi connectivity index (χ2v) is 8.00. The Morgan fingerprint density at radius 1 is 1.12 bits per heavy atom. The molecule has 1 aromatic carbocycles. The molecule has 0 N–H and O–H groups in total. The quantitative estimate of drug-likeness (QED) is 0.829. The third kappa shape index (κ3) is 2.99. The van der Waals surface area contributed by atoms with E-state index in [1.165, 1.54) is 6.07 Å². The number of benzene rings is 1. The molecule has 6 heteroatoms. The number of rotatable bonds is 3. The molecule has 0 bridgehead atoms. The zero-order chi connectivity index (χ0) is 18.3. The van der Waals surface area contributed by atoms with Gasteiger partial charge in [0.05, 0.1) is 5.41 Å². The van der Waals surface area contributed by atoms with Crippen LogP contribution in [0, 0.1) is 23.0 Å². The topological polar surface area (TPSA) is 40.6 Å². The molecule has 1 saturated carbocycles. The van der Waals surface area contributed by atoms with Gasteiger partial charge in [-0.15, -0.1) is 0 Å². The van der Waals surface area contributed by atoms with E-state index in [4.69, 9.17) is 0 Å². The Balaban J connectivity index is 1.45. The molecule has 4 rings (SSSR count). The molecular formula is C20H24F2N2O2. The summed E-state index contributed by atoms with van der Waals surface area (Å²) in [5.41, 5.74) is 0.102. The maximum atomic E-state index is 13.5. The molecule has 1 aromatic rings. The number of nitrogens with zero attached hydrogens (tertiary/aromatic N) is 2. The van der Waals surface area contributed by atoms with Crippen LogP contribution < -0.4 is 0 Å². The van der Waals surface area contributed by atoms with E-state index in [2.05, 4.69) is 0 Å².